The van der Waals surface area contributed by atoms with Crippen LogP contribution in [-0.4, -0.2) is 16.0 Å². The Labute approximate surface area is 118 Å². The van der Waals surface area contributed by atoms with E-state index in [-0.39, 0.29) is 0 Å². The van der Waals surface area contributed by atoms with Gasteiger partial charge in [0.1, 0.15) is 17.5 Å². The first kappa shape index (κ1) is 13.8. The monoisotopic (exact) mass is 276 g/mol. The van der Waals surface area contributed by atoms with Gasteiger partial charge in [-0.15, -0.1) is 11.3 Å². The first-order valence-corrected chi connectivity index (χ1v) is 7.26. The van der Waals surface area contributed by atoms with Gasteiger partial charge in [0.25, 0.3) is 0 Å². The van der Waals surface area contributed by atoms with Crippen molar-refractivity contribution >= 4 is 23.0 Å². The van der Waals surface area contributed by atoms with Crippen LogP contribution in [0.15, 0.2) is 17.5 Å². The summed E-state index contributed by atoms with van der Waals surface area (Å²) in [5, 5.41) is 2.10. The summed E-state index contributed by atoms with van der Waals surface area (Å²) in [5.74, 6) is 2.22. The van der Waals surface area contributed by atoms with Gasteiger partial charge in [0.2, 0.25) is 0 Å². The summed E-state index contributed by atoms with van der Waals surface area (Å²) in [5.41, 5.74) is 6.91. The standard InChI is InChI=1S/C14H20N4S/c1-9(2)18(8-12-6-5-7-19-12)14-10(3)13(15)16-11(4)17-14/h5-7,9H,8H2,1-4H3,(H2,15,16,17). The maximum Gasteiger partial charge on any atom is 0.137 e. The van der Waals surface area contributed by atoms with Gasteiger partial charge in [0.15, 0.2) is 0 Å². The summed E-state index contributed by atoms with van der Waals surface area (Å²) in [4.78, 5) is 12.4. The lowest BCUT2D eigenvalue weighted by Crippen LogP contribution is -2.31. The highest BCUT2D eigenvalue weighted by Crippen LogP contribution is 2.26. The van der Waals surface area contributed by atoms with E-state index < -0.39 is 0 Å². The highest BCUT2D eigenvalue weighted by atomic mass is 32.1. The van der Waals surface area contributed by atoms with Crippen LogP contribution in [0.4, 0.5) is 11.6 Å². The largest absolute Gasteiger partial charge is 0.383 e. The Morgan fingerprint density at radius 3 is 2.63 bits per heavy atom. The molecule has 4 nitrogen and oxygen atoms in total. The molecule has 0 bridgehead atoms. The predicted molar refractivity (Wildman–Crippen MR) is 81.6 cm³/mol. The molecule has 0 saturated heterocycles. The molecule has 0 spiro atoms. The number of hydrogen-bond acceptors (Lipinski definition) is 5. The minimum Gasteiger partial charge on any atom is -0.383 e. The van der Waals surface area contributed by atoms with Crippen LogP contribution in [0.3, 0.4) is 0 Å². The lowest BCUT2D eigenvalue weighted by molar-refractivity contribution is 0.671. The van der Waals surface area contributed by atoms with Crippen LogP contribution in [0.1, 0.15) is 30.1 Å². The van der Waals surface area contributed by atoms with Gasteiger partial charge in [-0.2, -0.15) is 0 Å². The number of hydrogen-bond donors (Lipinski definition) is 1. The lowest BCUT2D eigenvalue weighted by atomic mass is 10.2. The second kappa shape index (κ2) is 5.57. The number of nitrogen functional groups attached to an aromatic ring is 1. The minimum absolute atomic E-state index is 0.356. The van der Waals surface area contributed by atoms with Crippen molar-refractivity contribution in [3.05, 3.63) is 33.8 Å². The van der Waals surface area contributed by atoms with Crippen molar-refractivity contribution in [2.75, 3.05) is 10.6 Å². The van der Waals surface area contributed by atoms with Crippen LogP contribution in [0.5, 0.6) is 0 Å². The number of nitrogens with two attached hydrogens (primary N) is 1. The average Bonchev–Trinajstić information content (AvgIpc) is 2.83. The van der Waals surface area contributed by atoms with Crippen molar-refractivity contribution in [1.82, 2.24) is 9.97 Å². The Balaban J connectivity index is 2.39. The molecule has 0 amide bonds. The number of nitrogens with zero attached hydrogens (tertiary/aromatic N) is 3. The number of anilines is 2. The fraction of sp³-hybridized carbons (Fsp3) is 0.429. The Hall–Kier alpha value is -1.62. The van der Waals surface area contributed by atoms with Gasteiger partial charge in [-0.25, -0.2) is 9.97 Å². The smallest absolute Gasteiger partial charge is 0.137 e. The predicted octanol–water partition coefficient (Wildman–Crippen LogP) is 3.15. The average molecular weight is 276 g/mol. The molecule has 2 aromatic rings. The van der Waals surface area contributed by atoms with Crippen molar-refractivity contribution in [2.45, 2.75) is 40.3 Å². The van der Waals surface area contributed by atoms with E-state index in [1.54, 1.807) is 11.3 Å². The van der Waals surface area contributed by atoms with E-state index in [0.29, 0.717) is 11.9 Å². The molecule has 0 unspecified atom stereocenters. The van der Waals surface area contributed by atoms with Crippen molar-refractivity contribution in [3.8, 4) is 0 Å². The molecule has 102 valence electrons. The van der Waals surface area contributed by atoms with Gasteiger partial charge >= 0.3 is 0 Å². The van der Waals surface area contributed by atoms with Crippen LogP contribution in [-0.2, 0) is 6.54 Å². The van der Waals surface area contributed by atoms with E-state index in [1.807, 2.05) is 13.8 Å². The molecule has 0 fully saturated rings. The summed E-state index contributed by atoms with van der Waals surface area (Å²) in [6.07, 6.45) is 0. The number of aromatic nitrogens is 2. The van der Waals surface area contributed by atoms with E-state index >= 15 is 0 Å². The highest BCUT2D eigenvalue weighted by molar-refractivity contribution is 7.09. The van der Waals surface area contributed by atoms with E-state index in [2.05, 4.69) is 46.2 Å². The molecule has 0 saturated carbocycles. The third kappa shape index (κ3) is 3.04. The zero-order chi connectivity index (χ0) is 14.0. The maximum absolute atomic E-state index is 5.96. The van der Waals surface area contributed by atoms with Crippen molar-refractivity contribution in [3.63, 3.8) is 0 Å². The first-order valence-electron chi connectivity index (χ1n) is 6.38. The van der Waals surface area contributed by atoms with Gasteiger partial charge in [-0.1, -0.05) is 6.07 Å². The summed E-state index contributed by atoms with van der Waals surface area (Å²) in [7, 11) is 0. The summed E-state index contributed by atoms with van der Waals surface area (Å²) < 4.78 is 0. The molecule has 19 heavy (non-hydrogen) atoms. The number of thiophene rings is 1. The second-order valence-electron chi connectivity index (χ2n) is 4.91. The number of aryl methyl sites for hydroxylation is 1. The molecule has 2 N–H and O–H groups in total. The lowest BCUT2D eigenvalue weighted by Gasteiger charge is -2.29. The molecule has 0 atom stereocenters. The van der Waals surface area contributed by atoms with E-state index in [9.17, 15) is 0 Å². The van der Waals surface area contributed by atoms with Gasteiger partial charge in [-0.3, -0.25) is 0 Å². The van der Waals surface area contributed by atoms with E-state index in [1.165, 1.54) is 4.88 Å². The summed E-state index contributed by atoms with van der Waals surface area (Å²) in [6, 6.07) is 4.58. The molecule has 0 aromatic carbocycles. The second-order valence-corrected chi connectivity index (χ2v) is 5.94. The minimum atomic E-state index is 0.356. The summed E-state index contributed by atoms with van der Waals surface area (Å²) in [6.45, 7) is 9.05. The molecule has 2 rings (SSSR count). The van der Waals surface area contributed by atoms with Gasteiger partial charge in [0.05, 0.1) is 6.54 Å². The van der Waals surface area contributed by atoms with Crippen molar-refractivity contribution < 1.29 is 0 Å². The fourth-order valence-electron chi connectivity index (χ4n) is 1.99. The Morgan fingerprint density at radius 2 is 2.05 bits per heavy atom. The molecule has 0 aliphatic carbocycles. The molecular formula is C14H20N4S. The fourth-order valence-corrected chi connectivity index (χ4v) is 2.69. The van der Waals surface area contributed by atoms with Crippen LogP contribution >= 0.6 is 11.3 Å². The SMILES string of the molecule is Cc1nc(N)c(C)c(N(Cc2cccs2)C(C)C)n1. The van der Waals surface area contributed by atoms with Crippen LogP contribution in [0.2, 0.25) is 0 Å². The summed E-state index contributed by atoms with van der Waals surface area (Å²) >= 11 is 1.76. The highest BCUT2D eigenvalue weighted by Gasteiger charge is 2.18. The molecule has 2 aromatic heterocycles. The first-order chi connectivity index (χ1) is 8.99. The van der Waals surface area contributed by atoms with E-state index in [0.717, 1.165) is 23.8 Å². The maximum atomic E-state index is 5.96. The zero-order valence-electron chi connectivity index (χ0n) is 11.8. The van der Waals surface area contributed by atoms with Gasteiger partial charge in [-0.05, 0) is 39.1 Å². The quantitative estimate of drug-likeness (QED) is 0.932. The van der Waals surface area contributed by atoms with Crippen LogP contribution in [0.25, 0.3) is 0 Å². The van der Waals surface area contributed by atoms with Crippen molar-refractivity contribution in [1.29, 1.82) is 0 Å². The Bertz CT molecular complexity index is 549. The molecule has 5 heteroatoms. The molecular weight excluding hydrogens is 256 g/mol. The van der Waals surface area contributed by atoms with Crippen molar-refractivity contribution in [2.24, 2.45) is 0 Å². The molecule has 0 aliphatic rings. The topological polar surface area (TPSA) is 55.0 Å². The van der Waals surface area contributed by atoms with Crippen LogP contribution < -0.4 is 10.6 Å². The number of rotatable bonds is 4. The van der Waals surface area contributed by atoms with Crippen LogP contribution in [0, 0.1) is 13.8 Å². The zero-order valence-corrected chi connectivity index (χ0v) is 12.7. The Morgan fingerprint density at radius 1 is 1.32 bits per heavy atom. The van der Waals surface area contributed by atoms with E-state index in [4.69, 9.17) is 5.73 Å². The van der Waals surface area contributed by atoms with Gasteiger partial charge in [0, 0.05) is 16.5 Å². The molecule has 0 radical (unpaired) electrons. The van der Waals surface area contributed by atoms with Gasteiger partial charge < -0.3 is 10.6 Å². The molecule has 2 heterocycles. The Kier molecular flexibility index (Phi) is 4.04. The third-order valence-corrected chi connectivity index (χ3v) is 3.93. The molecule has 0 aliphatic heterocycles. The normalized spacial score (nSPS) is 11.0. The third-order valence-electron chi connectivity index (χ3n) is 3.07.